The van der Waals surface area contributed by atoms with Gasteiger partial charge in [0.1, 0.15) is 4.83 Å². The van der Waals surface area contributed by atoms with E-state index in [-0.39, 0.29) is 17.9 Å². The van der Waals surface area contributed by atoms with Gasteiger partial charge >= 0.3 is 0 Å². The van der Waals surface area contributed by atoms with Crippen LogP contribution in [0.1, 0.15) is 29.7 Å². The smallest absolute Gasteiger partial charge is 0.262 e. The predicted molar refractivity (Wildman–Crippen MR) is 133 cm³/mol. The highest BCUT2D eigenvalue weighted by Gasteiger charge is 2.20. The summed E-state index contributed by atoms with van der Waals surface area (Å²) >= 11 is 3.03. The van der Waals surface area contributed by atoms with Gasteiger partial charge in [-0.3, -0.25) is 14.2 Å². The Labute approximate surface area is 197 Å². The molecule has 6 rings (SSSR count). The SMILES string of the molecule is O=C(CCn1cnc2sc3c(c2c1=O)CCCC3)Nc1nc(-c2c[nH]c3ccccc23)cs1. The van der Waals surface area contributed by atoms with Crippen LogP contribution < -0.4 is 10.9 Å². The number of amides is 1. The van der Waals surface area contributed by atoms with E-state index in [4.69, 9.17) is 0 Å². The van der Waals surface area contributed by atoms with Crippen LogP contribution in [0.5, 0.6) is 0 Å². The van der Waals surface area contributed by atoms with Gasteiger partial charge in [-0.15, -0.1) is 22.7 Å². The van der Waals surface area contributed by atoms with Crippen molar-refractivity contribution in [3.8, 4) is 11.3 Å². The summed E-state index contributed by atoms with van der Waals surface area (Å²) in [6, 6.07) is 8.05. The van der Waals surface area contributed by atoms with Gasteiger partial charge in [0, 0.05) is 45.9 Å². The molecule has 0 fully saturated rings. The Hall–Kier alpha value is -3.30. The van der Waals surface area contributed by atoms with E-state index in [1.54, 1.807) is 22.2 Å². The molecule has 0 spiro atoms. The number of aromatic amines is 1. The molecule has 9 heteroatoms. The molecule has 33 heavy (non-hydrogen) atoms. The quantitative estimate of drug-likeness (QED) is 0.375. The maximum Gasteiger partial charge on any atom is 0.262 e. The van der Waals surface area contributed by atoms with E-state index < -0.39 is 0 Å². The van der Waals surface area contributed by atoms with Crippen LogP contribution in [-0.2, 0) is 24.2 Å². The van der Waals surface area contributed by atoms with Crippen molar-refractivity contribution in [1.82, 2.24) is 19.5 Å². The zero-order valence-electron chi connectivity index (χ0n) is 17.8. The molecule has 0 aliphatic heterocycles. The van der Waals surface area contributed by atoms with Gasteiger partial charge in [0.15, 0.2) is 5.13 Å². The molecule has 1 aromatic carbocycles. The topological polar surface area (TPSA) is 92.7 Å². The molecule has 7 nitrogen and oxygen atoms in total. The maximum absolute atomic E-state index is 13.1. The molecule has 166 valence electrons. The van der Waals surface area contributed by atoms with E-state index in [1.165, 1.54) is 28.2 Å². The molecule has 0 saturated heterocycles. The molecule has 1 aliphatic carbocycles. The molecule has 0 atom stereocenters. The third-order valence-electron chi connectivity index (χ3n) is 6.14. The maximum atomic E-state index is 13.1. The summed E-state index contributed by atoms with van der Waals surface area (Å²) in [7, 11) is 0. The van der Waals surface area contributed by atoms with E-state index >= 15 is 0 Å². The number of aromatic nitrogens is 4. The van der Waals surface area contributed by atoms with E-state index in [1.807, 2.05) is 35.8 Å². The number of H-pyrrole nitrogens is 1. The van der Waals surface area contributed by atoms with Crippen LogP contribution in [0.3, 0.4) is 0 Å². The lowest BCUT2D eigenvalue weighted by atomic mass is 9.97. The Balaban J connectivity index is 1.16. The van der Waals surface area contributed by atoms with Crippen molar-refractivity contribution in [2.24, 2.45) is 0 Å². The number of anilines is 1. The first-order valence-corrected chi connectivity index (χ1v) is 12.7. The van der Waals surface area contributed by atoms with Gasteiger partial charge in [0.25, 0.3) is 5.56 Å². The number of fused-ring (bicyclic) bond motifs is 4. The standard InChI is InChI=1S/C24H21N5O2S2/c30-20(28-24-27-18(12-32-24)16-11-25-17-7-3-1-5-14(16)17)9-10-29-13-26-22-21(23(29)31)15-6-2-4-8-19(15)33-22/h1,3,5,7,11-13,25H,2,4,6,8-10H2,(H,27,28,30). The van der Waals surface area contributed by atoms with Crippen molar-refractivity contribution in [2.75, 3.05) is 5.32 Å². The number of carbonyl (C=O) groups excluding carboxylic acids is 1. The van der Waals surface area contributed by atoms with Crippen molar-refractivity contribution < 1.29 is 4.79 Å². The van der Waals surface area contributed by atoms with Crippen LogP contribution in [0.2, 0.25) is 0 Å². The average Bonchev–Trinajstić information content (AvgIpc) is 3.55. The second kappa shape index (κ2) is 8.24. The normalized spacial score (nSPS) is 13.5. The monoisotopic (exact) mass is 475 g/mol. The lowest BCUT2D eigenvalue weighted by Gasteiger charge is -2.10. The predicted octanol–water partition coefficient (Wildman–Crippen LogP) is 4.97. The van der Waals surface area contributed by atoms with E-state index in [0.717, 1.165) is 51.6 Å². The summed E-state index contributed by atoms with van der Waals surface area (Å²) in [5, 5.41) is 7.20. The fourth-order valence-electron chi connectivity index (χ4n) is 4.48. The number of hydrogen-bond acceptors (Lipinski definition) is 6. The molecule has 0 bridgehead atoms. The van der Waals surface area contributed by atoms with Crippen LogP contribution in [-0.4, -0.2) is 25.4 Å². The molecular weight excluding hydrogens is 454 g/mol. The zero-order valence-corrected chi connectivity index (χ0v) is 19.4. The van der Waals surface area contributed by atoms with Gasteiger partial charge in [-0.05, 0) is 37.3 Å². The number of carbonyl (C=O) groups is 1. The molecule has 1 aliphatic rings. The van der Waals surface area contributed by atoms with Crippen LogP contribution in [0.15, 0.2) is 47.0 Å². The molecule has 0 saturated carbocycles. The van der Waals surface area contributed by atoms with E-state index in [0.29, 0.717) is 11.7 Å². The van der Waals surface area contributed by atoms with Crippen LogP contribution in [0, 0.1) is 0 Å². The molecule has 2 N–H and O–H groups in total. The minimum absolute atomic E-state index is 0.0388. The van der Waals surface area contributed by atoms with Crippen molar-refractivity contribution >= 4 is 54.8 Å². The Bertz CT molecular complexity index is 1560. The van der Waals surface area contributed by atoms with Gasteiger partial charge in [-0.1, -0.05) is 18.2 Å². The molecule has 5 aromatic rings. The molecule has 0 radical (unpaired) electrons. The van der Waals surface area contributed by atoms with Crippen LogP contribution in [0.4, 0.5) is 5.13 Å². The van der Waals surface area contributed by atoms with Gasteiger partial charge in [0.2, 0.25) is 5.91 Å². The summed E-state index contributed by atoms with van der Waals surface area (Å²) in [6.07, 6.45) is 7.95. The summed E-state index contributed by atoms with van der Waals surface area (Å²) < 4.78 is 1.56. The number of para-hydroxylation sites is 1. The summed E-state index contributed by atoms with van der Waals surface area (Å²) in [5.41, 5.74) is 4.01. The van der Waals surface area contributed by atoms with Crippen LogP contribution >= 0.6 is 22.7 Å². The first-order chi connectivity index (χ1) is 16.2. The summed E-state index contributed by atoms with van der Waals surface area (Å²) in [4.78, 5) is 40.1. The zero-order chi connectivity index (χ0) is 22.4. The first kappa shape index (κ1) is 20.3. The first-order valence-electron chi connectivity index (χ1n) is 11.0. The molecule has 0 unspecified atom stereocenters. The number of nitrogens with zero attached hydrogens (tertiary/aromatic N) is 3. The van der Waals surface area contributed by atoms with Crippen molar-refractivity contribution in [3.63, 3.8) is 0 Å². The van der Waals surface area contributed by atoms with Gasteiger partial charge in [-0.25, -0.2) is 9.97 Å². The number of aryl methyl sites for hydroxylation is 3. The fraction of sp³-hybridized carbons (Fsp3) is 0.250. The van der Waals surface area contributed by atoms with Crippen molar-refractivity contribution in [1.29, 1.82) is 0 Å². The number of benzene rings is 1. The largest absolute Gasteiger partial charge is 0.360 e. The highest BCUT2D eigenvalue weighted by Crippen LogP contribution is 2.33. The minimum Gasteiger partial charge on any atom is -0.360 e. The molecule has 4 heterocycles. The highest BCUT2D eigenvalue weighted by molar-refractivity contribution is 7.18. The minimum atomic E-state index is -0.172. The summed E-state index contributed by atoms with van der Waals surface area (Å²) in [5.74, 6) is -0.172. The molecule has 4 aromatic heterocycles. The fourth-order valence-corrected chi connectivity index (χ4v) is 6.43. The van der Waals surface area contributed by atoms with E-state index in [2.05, 4.69) is 20.3 Å². The Morgan fingerprint density at radius 1 is 1.21 bits per heavy atom. The summed E-state index contributed by atoms with van der Waals surface area (Å²) in [6.45, 7) is 0.291. The number of hydrogen-bond donors (Lipinski definition) is 2. The Kier molecular flexibility index (Phi) is 5.07. The number of thiazole rings is 1. The van der Waals surface area contributed by atoms with Crippen LogP contribution in [0.25, 0.3) is 32.4 Å². The number of nitrogens with one attached hydrogen (secondary N) is 2. The van der Waals surface area contributed by atoms with Gasteiger partial charge in [0.05, 0.1) is 17.4 Å². The second-order valence-electron chi connectivity index (χ2n) is 8.22. The lowest BCUT2D eigenvalue weighted by Crippen LogP contribution is -2.24. The highest BCUT2D eigenvalue weighted by atomic mass is 32.1. The Morgan fingerprint density at radius 2 is 2.09 bits per heavy atom. The van der Waals surface area contributed by atoms with E-state index in [9.17, 15) is 9.59 Å². The van der Waals surface area contributed by atoms with Crippen molar-refractivity contribution in [2.45, 2.75) is 38.6 Å². The lowest BCUT2D eigenvalue weighted by molar-refractivity contribution is -0.116. The third-order valence-corrected chi connectivity index (χ3v) is 8.09. The van der Waals surface area contributed by atoms with Gasteiger partial charge in [-0.2, -0.15) is 0 Å². The molecular formula is C24H21N5O2S2. The Morgan fingerprint density at radius 3 is 3.03 bits per heavy atom. The van der Waals surface area contributed by atoms with Crippen molar-refractivity contribution in [3.05, 3.63) is 63.0 Å². The average molecular weight is 476 g/mol. The number of thiophene rings is 1. The van der Waals surface area contributed by atoms with Gasteiger partial charge < -0.3 is 10.3 Å². The molecule has 1 amide bonds. The number of rotatable bonds is 5. The third kappa shape index (κ3) is 3.67. The second-order valence-corrected chi connectivity index (χ2v) is 10.2.